The summed E-state index contributed by atoms with van der Waals surface area (Å²) in [6.07, 6.45) is 9.78. The molecule has 5 nitrogen and oxygen atoms in total. The van der Waals surface area contributed by atoms with E-state index in [1.165, 1.54) is 32.1 Å². The van der Waals surface area contributed by atoms with Gasteiger partial charge in [0.05, 0.1) is 30.9 Å². The number of aliphatic hydroxyl groups is 1. The molecule has 0 spiro atoms. The van der Waals surface area contributed by atoms with Crippen molar-refractivity contribution in [3.8, 4) is 0 Å². The van der Waals surface area contributed by atoms with Crippen molar-refractivity contribution < 1.29 is 14.6 Å². The van der Waals surface area contributed by atoms with Crippen molar-refractivity contribution in [2.24, 2.45) is 0 Å². The monoisotopic (exact) mass is 298 g/mol. The van der Waals surface area contributed by atoms with Gasteiger partial charge in [0.15, 0.2) is 0 Å². The van der Waals surface area contributed by atoms with Gasteiger partial charge in [0.1, 0.15) is 0 Å². The summed E-state index contributed by atoms with van der Waals surface area (Å²) in [7, 11) is 1.73. The maximum atomic E-state index is 12.2. The fraction of sp³-hybridized carbons (Fsp3) is 0.938. The molecule has 2 amide bonds. The lowest BCUT2D eigenvalue weighted by Crippen LogP contribution is -2.53. The van der Waals surface area contributed by atoms with Crippen molar-refractivity contribution in [3.05, 3.63) is 0 Å². The van der Waals surface area contributed by atoms with Gasteiger partial charge in [0.2, 0.25) is 0 Å². The molecule has 2 fully saturated rings. The molecule has 3 atom stereocenters. The zero-order valence-corrected chi connectivity index (χ0v) is 13.4. The highest BCUT2D eigenvalue weighted by molar-refractivity contribution is 5.74. The second-order valence-corrected chi connectivity index (χ2v) is 6.56. The average molecular weight is 298 g/mol. The van der Waals surface area contributed by atoms with Crippen molar-refractivity contribution in [3.63, 3.8) is 0 Å². The molecule has 3 unspecified atom stereocenters. The molecule has 2 saturated carbocycles. The first kappa shape index (κ1) is 16.6. The molecule has 122 valence electrons. The molecule has 0 aromatic heterocycles. The molecular formula is C16H30N2O3. The number of carbonyl (C=O) groups is 1. The van der Waals surface area contributed by atoms with Crippen LogP contribution < -0.4 is 5.32 Å². The number of hydrogen-bond acceptors (Lipinski definition) is 3. The lowest BCUT2D eigenvalue weighted by molar-refractivity contribution is -0.0418. The summed E-state index contributed by atoms with van der Waals surface area (Å²) in [5.74, 6) is 0. The summed E-state index contributed by atoms with van der Waals surface area (Å²) in [4.78, 5) is 13.8. The van der Waals surface area contributed by atoms with Crippen LogP contribution in [0.4, 0.5) is 4.79 Å². The van der Waals surface area contributed by atoms with E-state index in [1.807, 2.05) is 6.92 Å². The number of rotatable bonds is 5. The van der Waals surface area contributed by atoms with E-state index >= 15 is 0 Å². The van der Waals surface area contributed by atoms with Gasteiger partial charge in [-0.05, 0) is 32.6 Å². The van der Waals surface area contributed by atoms with Crippen LogP contribution in [0.25, 0.3) is 0 Å². The van der Waals surface area contributed by atoms with E-state index in [9.17, 15) is 4.79 Å². The normalized spacial score (nSPS) is 28.3. The molecule has 0 radical (unpaired) electrons. The van der Waals surface area contributed by atoms with Gasteiger partial charge in [-0.3, -0.25) is 0 Å². The van der Waals surface area contributed by atoms with Crippen molar-refractivity contribution in [2.75, 3.05) is 13.7 Å². The highest BCUT2D eigenvalue weighted by atomic mass is 16.5. The number of aliphatic hydroxyl groups excluding tert-OH is 1. The zero-order chi connectivity index (χ0) is 15.2. The number of nitrogens with one attached hydrogen (secondary N) is 1. The number of carbonyl (C=O) groups excluding carboxylic acids is 1. The average Bonchev–Trinajstić information content (AvgIpc) is 3.00. The largest absolute Gasteiger partial charge is 0.394 e. The van der Waals surface area contributed by atoms with E-state index in [0.717, 1.165) is 19.3 Å². The highest BCUT2D eigenvalue weighted by Crippen LogP contribution is 2.28. The maximum Gasteiger partial charge on any atom is 0.317 e. The number of amides is 2. The van der Waals surface area contributed by atoms with Crippen LogP contribution in [0.5, 0.6) is 0 Å². The highest BCUT2D eigenvalue weighted by Gasteiger charge is 2.31. The number of nitrogens with zero attached hydrogens (tertiary/aromatic N) is 1. The predicted octanol–water partition coefficient (Wildman–Crippen LogP) is 2.28. The molecule has 2 rings (SSSR count). The topological polar surface area (TPSA) is 61.8 Å². The molecule has 0 bridgehead atoms. The van der Waals surface area contributed by atoms with Gasteiger partial charge in [0.25, 0.3) is 0 Å². The minimum Gasteiger partial charge on any atom is -0.394 e. The third kappa shape index (κ3) is 4.58. The van der Waals surface area contributed by atoms with Crippen LogP contribution in [0.2, 0.25) is 0 Å². The smallest absolute Gasteiger partial charge is 0.317 e. The van der Waals surface area contributed by atoms with Gasteiger partial charge >= 0.3 is 6.03 Å². The van der Waals surface area contributed by atoms with Crippen LogP contribution in [0.3, 0.4) is 0 Å². The van der Waals surface area contributed by atoms with Gasteiger partial charge in [-0.2, -0.15) is 0 Å². The van der Waals surface area contributed by atoms with Crippen LogP contribution in [-0.4, -0.2) is 54.0 Å². The Bertz CT molecular complexity index is 331. The molecule has 0 aromatic carbocycles. The van der Waals surface area contributed by atoms with E-state index in [4.69, 9.17) is 9.84 Å². The summed E-state index contributed by atoms with van der Waals surface area (Å²) in [5, 5.41) is 12.3. The fourth-order valence-electron chi connectivity index (χ4n) is 3.28. The third-order valence-electron chi connectivity index (χ3n) is 4.93. The lowest BCUT2D eigenvalue weighted by Gasteiger charge is -2.35. The maximum absolute atomic E-state index is 12.2. The van der Waals surface area contributed by atoms with Crippen LogP contribution in [0, 0.1) is 0 Å². The van der Waals surface area contributed by atoms with Crippen LogP contribution in [0.15, 0.2) is 0 Å². The standard InChI is InChI=1S/C16H30N2O3/c1-12(11-19)18(2)16(20)17-14-9-5-6-10-15(14)21-13-7-3-4-8-13/h12-15,19H,3-11H2,1-2H3,(H,17,20). The van der Waals surface area contributed by atoms with Crippen molar-refractivity contribution in [2.45, 2.75) is 82.6 Å². The Hall–Kier alpha value is -0.810. The molecule has 2 N–H and O–H groups in total. The molecule has 0 heterocycles. The number of urea groups is 1. The molecule has 0 saturated heterocycles. The molecule has 2 aliphatic rings. The van der Waals surface area contributed by atoms with Gasteiger partial charge in [-0.1, -0.05) is 25.7 Å². The Labute approximate surface area is 128 Å². The Balaban J connectivity index is 1.87. The van der Waals surface area contributed by atoms with Gasteiger partial charge in [-0.15, -0.1) is 0 Å². The third-order valence-corrected chi connectivity index (χ3v) is 4.93. The van der Waals surface area contributed by atoms with Crippen molar-refractivity contribution in [1.82, 2.24) is 10.2 Å². The first-order chi connectivity index (χ1) is 10.1. The van der Waals surface area contributed by atoms with Gasteiger partial charge in [0, 0.05) is 7.05 Å². The first-order valence-electron chi connectivity index (χ1n) is 8.41. The van der Waals surface area contributed by atoms with Gasteiger partial charge in [-0.25, -0.2) is 4.79 Å². The summed E-state index contributed by atoms with van der Waals surface area (Å²) in [6, 6.07) is -0.161. The zero-order valence-electron chi connectivity index (χ0n) is 13.4. The molecular weight excluding hydrogens is 268 g/mol. The minimum absolute atomic E-state index is 0.0173. The predicted molar refractivity (Wildman–Crippen MR) is 82.2 cm³/mol. The van der Waals surface area contributed by atoms with Crippen LogP contribution >= 0.6 is 0 Å². The molecule has 0 aromatic rings. The first-order valence-corrected chi connectivity index (χ1v) is 8.41. The van der Waals surface area contributed by atoms with Crippen molar-refractivity contribution in [1.29, 1.82) is 0 Å². The molecule has 21 heavy (non-hydrogen) atoms. The van der Waals surface area contributed by atoms with Crippen LogP contribution in [-0.2, 0) is 4.74 Å². The van der Waals surface area contributed by atoms with Crippen LogP contribution in [0.1, 0.15) is 58.3 Å². The van der Waals surface area contributed by atoms with E-state index < -0.39 is 0 Å². The Morgan fingerprint density at radius 2 is 1.86 bits per heavy atom. The Morgan fingerprint density at radius 3 is 2.52 bits per heavy atom. The second kappa shape index (κ2) is 7.99. The summed E-state index contributed by atoms with van der Waals surface area (Å²) in [6.45, 7) is 1.82. The quantitative estimate of drug-likeness (QED) is 0.818. The van der Waals surface area contributed by atoms with E-state index in [2.05, 4.69) is 5.32 Å². The van der Waals surface area contributed by atoms with E-state index in [0.29, 0.717) is 6.10 Å². The number of hydrogen-bond donors (Lipinski definition) is 2. The SMILES string of the molecule is CC(CO)N(C)C(=O)NC1CCCCC1OC1CCCC1. The Kier molecular flexibility index (Phi) is 6.30. The molecule has 2 aliphatic carbocycles. The number of likely N-dealkylation sites (N-methyl/N-ethyl adjacent to an activating group) is 1. The summed E-state index contributed by atoms with van der Waals surface area (Å²) >= 11 is 0. The second-order valence-electron chi connectivity index (χ2n) is 6.56. The van der Waals surface area contributed by atoms with E-state index in [1.54, 1.807) is 11.9 Å². The summed E-state index contributed by atoms with van der Waals surface area (Å²) < 4.78 is 6.25. The molecule has 0 aliphatic heterocycles. The fourth-order valence-corrected chi connectivity index (χ4v) is 3.28. The summed E-state index contributed by atoms with van der Waals surface area (Å²) in [5.41, 5.74) is 0. The minimum atomic E-state index is -0.164. The Morgan fingerprint density at radius 1 is 1.24 bits per heavy atom. The lowest BCUT2D eigenvalue weighted by atomic mass is 9.92. The van der Waals surface area contributed by atoms with Gasteiger partial charge < -0.3 is 20.1 Å². The van der Waals surface area contributed by atoms with E-state index in [-0.39, 0.29) is 30.8 Å². The number of ether oxygens (including phenoxy) is 1. The molecule has 5 heteroatoms. The van der Waals surface area contributed by atoms with Crippen molar-refractivity contribution >= 4 is 6.03 Å².